The molecule has 2 N–H and O–H groups in total. The zero-order valence-electron chi connectivity index (χ0n) is 13.7. The van der Waals surface area contributed by atoms with E-state index in [1.807, 2.05) is 48.2 Å². The number of hydrogen-bond acceptors (Lipinski definition) is 4. The predicted molar refractivity (Wildman–Crippen MR) is 96.4 cm³/mol. The Morgan fingerprint density at radius 3 is 2.33 bits per heavy atom. The molecule has 126 valence electrons. The van der Waals surface area contributed by atoms with Crippen LogP contribution in [0.25, 0.3) is 0 Å². The van der Waals surface area contributed by atoms with Crippen LogP contribution in [0.4, 0.5) is 5.82 Å². The van der Waals surface area contributed by atoms with Gasteiger partial charge in [-0.25, -0.2) is 4.98 Å². The summed E-state index contributed by atoms with van der Waals surface area (Å²) in [6.07, 6.45) is 1.65. The van der Waals surface area contributed by atoms with Gasteiger partial charge < -0.3 is 15.5 Å². The van der Waals surface area contributed by atoms with E-state index in [0.29, 0.717) is 23.7 Å². The molecule has 0 aliphatic carbocycles. The zero-order chi connectivity index (χ0) is 17.1. The van der Waals surface area contributed by atoms with Crippen molar-refractivity contribution in [3.8, 4) is 0 Å². The lowest BCUT2D eigenvalue weighted by atomic mass is 10.1. The van der Waals surface area contributed by atoms with Crippen molar-refractivity contribution < 1.29 is 4.79 Å². The molecule has 1 aliphatic heterocycles. The maximum atomic E-state index is 12.6. The SMILES string of the molecule is CC(N)c1ccc(C(=O)N2CCN(c3ccc(Cl)cn3)CC2)cc1. The summed E-state index contributed by atoms with van der Waals surface area (Å²) < 4.78 is 0. The normalized spacial score (nSPS) is 16.1. The second kappa shape index (κ2) is 7.20. The largest absolute Gasteiger partial charge is 0.353 e. The van der Waals surface area contributed by atoms with Crippen LogP contribution in [0.15, 0.2) is 42.6 Å². The molecule has 0 saturated carbocycles. The van der Waals surface area contributed by atoms with Crippen LogP contribution in [0.2, 0.25) is 5.02 Å². The van der Waals surface area contributed by atoms with Gasteiger partial charge in [-0.3, -0.25) is 4.79 Å². The number of nitrogens with zero attached hydrogens (tertiary/aromatic N) is 3. The Morgan fingerprint density at radius 1 is 1.12 bits per heavy atom. The quantitative estimate of drug-likeness (QED) is 0.930. The zero-order valence-corrected chi connectivity index (χ0v) is 14.4. The number of amides is 1. The number of halogens is 1. The van der Waals surface area contributed by atoms with Crippen molar-refractivity contribution in [2.75, 3.05) is 31.1 Å². The molecule has 1 aromatic heterocycles. The Labute approximate surface area is 147 Å². The first-order valence-electron chi connectivity index (χ1n) is 8.06. The van der Waals surface area contributed by atoms with Gasteiger partial charge in [-0.2, -0.15) is 0 Å². The number of benzene rings is 1. The molecule has 0 radical (unpaired) electrons. The molecule has 6 heteroatoms. The number of carbonyl (C=O) groups is 1. The molecule has 3 rings (SSSR count). The van der Waals surface area contributed by atoms with Gasteiger partial charge in [0.25, 0.3) is 5.91 Å². The third-order valence-electron chi connectivity index (χ3n) is 4.29. The van der Waals surface area contributed by atoms with Crippen LogP contribution in [0.5, 0.6) is 0 Å². The lowest BCUT2D eigenvalue weighted by molar-refractivity contribution is 0.0746. The van der Waals surface area contributed by atoms with E-state index in [9.17, 15) is 4.79 Å². The van der Waals surface area contributed by atoms with Crippen molar-refractivity contribution in [2.45, 2.75) is 13.0 Å². The van der Waals surface area contributed by atoms with Crippen molar-refractivity contribution in [2.24, 2.45) is 5.73 Å². The lowest BCUT2D eigenvalue weighted by Gasteiger charge is -2.35. The molecule has 1 saturated heterocycles. The van der Waals surface area contributed by atoms with E-state index in [1.165, 1.54) is 0 Å². The summed E-state index contributed by atoms with van der Waals surface area (Å²) in [4.78, 5) is 21.0. The summed E-state index contributed by atoms with van der Waals surface area (Å²) in [5.41, 5.74) is 7.59. The van der Waals surface area contributed by atoms with Gasteiger partial charge in [0.2, 0.25) is 0 Å². The number of rotatable bonds is 3. The number of carbonyl (C=O) groups excluding carboxylic acids is 1. The molecule has 1 fully saturated rings. The van der Waals surface area contributed by atoms with Crippen LogP contribution in [0, 0.1) is 0 Å². The molecule has 2 heterocycles. The predicted octanol–water partition coefficient (Wildman–Crippen LogP) is 2.72. The number of aromatic nitrogens is 1. The molecular formula is C18H21ClN4O. The first-order valence-corrected chi connectivity index (χ1v) is 8.44. The molecule has 24 heavy (non-hydrogen) atoms. The van der Waals surface area contributed by atoms with Crippen LogP contribution in [-0.4, -0.2) is 42.0 Å². The molecule has 2 aromatic rings. The van der Waals surface area contributed by atoms with Crippen molar-refractivity contribution in [3.63, 3.8) is 0 Å². The number of nitrogens with two attached hydrogens (primary N) is 1. The van der Waals surface area contributed by atoms with E-state index in [1.54, 1.807) is 6.20 Å². The Bertz CT molecular complexity index is 692. The minimum atomic E-state index is -0.0235. The fourth-order valence-electron chi connectivity index (χ4n) is 2.81. The number of anilines is 1. The minimum absolute atomic E-state index is 0.0235. The summed E-state index contributed by atoms with van der Waals surface area (Å²) in [5.74, 6) is 0.961. The standard InChI is InChI=1S/C18H21ClN4O/c1-13(20)14-2-4-15(5-3-14)18(24)23-10-8-22(9-11-23)17-7-6-16(19)12-21-17/h2-7,12-13H,8-11,20H2,1H3. The first kappa shape index (κ1) is 16.7. The van der Waals surface area contributed by atoms with E-state index < -0.39 is 0 Å². The van der Waals surface area contributed by atoms with Crippen molar-refractivity contribution in [3.05, 3.63) is 58.7 Å². The van der Waals surface area contributed by atoms with Gasteiger partial charge in [0.1, 0.15) is 5.82 Å². The Kier molecular flexibility index (Phi) is 5.02. The summed E-state index contributed by atoms with van der Waals surface area (Å²) >= 11 is 5.87. The van der Waals surface area contributed by atoms with Crippen LogP contribution < -0.4 is 10.6 Å². The highest BCUT2D eigenvalue weighted by atomic mass is 35.5. The van der Waals surface area contributed by atoms with E-state index in [4.69, 9.17) is 17.3 Å². The van der Waals surface area contributed by atoms with Crippen LogP contribution >= 0.6 is 11.6 Å². The second-order valence-corrected chi connectivity index (χ2v) is 6.46. The Morgan fingerprint density at radius 2 is 1.79 bits per heavy atom. The first-order chi connectivity index (χ1) is 11.5. The molecule has 1 amide bonds. The topological polar surface area (TPSA) is 62.5 Å². The van der Waals surface area contributed by atoms with Crippen LogP contribution in [0.3, 0.4) is 0 Å². The summed E-state index contributed by atoms with van der Waals surface area (Å²) in [5, 5.41) is 0.628. The molecule has 0 spiro atoms. The summed E-state index contributed by atoms with van der Waals surface area (Å²) in [6, 6.07) is 11.3. The Balaban J connectivity index is 1.61. The fourth-order valence-corrected chi connectivity index (χ4v) is 2.92. The van der Waals surface area contributed by atoms with Gasteiger partial charge in [0, 0.05) is 44.0 Å². The van der Waals surface area contributed by atoms with Gasteiger partial charge >= 0.3 is 0 Å². The van der Waals surface area contributed by atoms with Crippen molar-refractivity contribution in [1.82, 2.24) is 9.88 Å². The monoisotopic (exact) mass is 344 g/mol. The average molecular weight is 345 g/mol. The van der Waals surface area contributed by atoms with Gasteiger partial charge in [-0.15, -0.1) is 0 Å². The fraction of sp³-hybridized carbons (Fsp3) is 0.333. The molecular weight excluding hydrogens is 324 g/mol. The number of hydrogen-bond donors (Lipinski definition) is 1. The van der Waals surface area contributed by atoms with Crippen LogP contribution in [0.1, 0.15) is 28.9 Å². The van der Waals surface area contributed by atoms with Gasteiger partial charge in [0.15, 0.2) is 0 Å². The highest BCUT2D eigenvalue weighted by molar-refractivity contribution is 6.30. The maximum absolute atomic E-state index is 12.6. The minimum Gasteiger partial charge on any atom is -0.353 e. The summed E-state index contributed by atoms with van der Waals surface area (Å²) in [6.45, 7) is 4.81. The van der Waals surface area contributed by atoms with Gasteiger partial charge in [-0.05, 0) is 36.8 Å². The third-order valence-corrected chi connectivity index (χ3v) is 4.51. The Hall–Kier alpha value is -2.11. The smallest absolute Gasteiger partial charge is 0.253 e. The molecule has 0 bridgehead atoms. The van der Waals surface area contributed by atoms with Crippen molar-refractivity contribution >= 4 is 23.3 Å². The van der Waals surface area contributed by atoms with Gasteiger partial charge in [-0.1, -0.05) is 23.7 Å². The molecule has 5 nitrogen and oxygen atoms in total. The second-order valence-electron chi connectivity index (χ2n) is 6.02. The third kappa shape index (κ3) is 3.68. The molecule has 1 aliphatic rings. The van der Waals surface area contributed by atoms with Gasteiger partial charge in [0.05, 0.1) is 5.02 Å². The molecule has 1 atom stereocenters. The van der Waals surface area contributed by atoms with Crippen molar-refractivity contribution in [1.29, 1.82) is 0 Å². The average Bonchev–Trinajstić information content (AvgIpc) is 2.62. The highest BCUT2D eigenvalue weighted by Gasteiger charge is 2.22. The maximum Gasteiger partial charge on any atom is 0.253 e. The van der Waals surface area contributed by atoms with Crippen LogP contribution in [-0.2, 0) is 0 Å². The lowest BCUT2D eigenvalue weighted by Crippen LogP contribution is -2.49. The molecule has 1 unspecified atom stereocenters. The molecule has 1 aromatic carbocycles. The van der Waals surface area contributed by atoms with E-state index in [-0.39, 0.29) is 11.9 Å². The summed E-state index contributed by atoms with van der Waals surface area (Å²) in [7, 11) is 0. The van der Waals surface area contributed by atoms with E-state index in [2.05, 4.69) is 9.88 Å². The highest BCUT2D eigenvalue weighted by Crippen LogP contribution is 2.18. The number of piperazine rings is 1. The van der Waals surface area contributed by atoms with E-state index >= 15 is 0 Å². The number of pyridine rings is 1. The van der Waals surface area contributed by atoms with E-state index in [0.717, 1.165) is 24.5 Å².